The van der Waals surface area contributed by atoms with Crippen LogP contribution >= 0.6 is 0 Å². The standard InChI is InChI=1S/C24H19NO4/c1-28-17-8-5-15-13-25-21-10-9-18(29-2)12-20(21)22(23(25)19(15)11-17)24(27)14-3-6-16(26)7-4-14/h3-12,26H,13H2,1-2H3. The monoisotopic (exact) mass is 385 g/mol. The molecule has 0 bridgehead atoms. The van der Waals surface area contributed by atoms with E-state index < -0.39 is 0 Å². The average molecular weight is 385 g/mol. The quantitative estimate of drug-likeness (QED) is 0.459. The number of rotatable bonds is 4. The molecule has 1 aliphatic heterocycles. The Hall–Kier alpha value is -3.73. The van der Waals surface area contributed by atoms with Gasteiger partial charge in [0.15, 0.2) is 5.78 Å². The minimum atomic E-state index is -0.0901. The highest BCUT2D eigenvalue weighted by Gasteiger charge is 2.30. The molecule has 3 aromatic carbocycles. The normalized spacial score (nSPS) is 11.9. The summed E-state index contributed by atoms with van der Waals surface area (Å²) in [5.74, 6) is 1.49. The zero-order chi connectivity index (χ0) is 20.1. The maximum absolute atomic E-state index is 13.6. The van der Waals surface area contributed by atoms with Crippen LogP contribution < -0.4 is 9.47 Å². The minimum Gasteiger partial charge on any atom is -0.508 e. The first-order chi connectivity index (χ1) is 14.1. The summed E-state index contributed by atoms with van der Waals surface area (Å²) >= 11 is 0. The molecule has 144 valence electrons. The lowest BCUT2D eigenvalue weighted by molar-refractivity contribution is 0.104. The van der Waals surface area contributed by atoms with Gasteiger partial charge in [-0.15, -0.1) is 0 Å². The number of benzene rings is 3. The first kappa shape index (κ1) is 17.4. The molecule has 0 saturated carbocycles. The van der Waals surface area contributed by atoms with E-state index in [2.05, 4.69) is 4.57 Å². The van der Waals surface area contributed by atoms with Gasteiger partial charge in [0, 0.05) is 28.6 Å². The molecule has 5 rings (SSSR count). The number of carbonyl (C=O) groups excluding carboxylic acids is 1. The number of phenols is 1. The second-order valence-corrected chi connectivity index (χ2v) is 7.09. The Morgan fingerprint density at radius 1 is 0.931 bits per heavy atom. The van der Waals surface area contributed by atoms with Crippen molar-refractivity contribution >= 4 is 16.7 Å². The first-order valence-electron chi connectivity index (χ1n) is 9.32. The highest BCUT2D eigenvalue weighted by atomic mass is 16.5. The third kappa shape index (κ3) is 2.58. The van der Waals surface area contributed by atoms with Crippen LogP contribution in [-0.2, 0) is 6.54 Å². The molecule has 29 heavy (non-hydrogen) atoms. The number of nitrogens with zero attached hydrogens (tertiary/aromatic N) is 1. The number of hydrogen-bond donors (Lipinski definition) is 1. The maximum Gasteiger partial charge on any atom is 0.195 e. The fraction of sp³-hybridized carbons (Fsp3) is 0.125. The van der Waals surface area contributed by atoms with E-state index in [0.717, 1.165) is 33.5 Å². The summed E-state index contributed by atoms with van der Waals surface area (Å²) in [5.41, 5.74) is 5.19. The molecular formula is C24H19NO4. The second-order valence-electron chi connectivity index (χ2n) is 7.09. The van der Waals surface area contributed by atoms with Crippen LogP contribution in [0.5, 0.6) is 17.2 Å². The Labute approximate surface area is 167 Å². The van der Waals surface area contributed by atoms with Gasteiger partial charge in [-0.05, 0) is 60.2 Å². The molecule has 0 atom stereocenters. The third-order valence-corrected chi connectivity index (χ3v) is 5.53. The molecular weight excluding hydrogens is 366 g/mol. The van der Waals surface area contributed by atoms with Crippen LogP contribution in [0.15, 0.2) is 60.7 Å². The Balaban J connectivity index is 1.82. The van der Waals surface area contributed by atoms with Crippen LogP contribution in [0.2, 0.25) is 0 Å². The van der Waals surface area contributed by atoms with Gasteiger partial charge in [-0.2, -0.15) is 0 Å². The molecule has 0 radical (unpaired) electrons. The Kier molecular flexibility index (Phi) is 3.84. The third-order valence-electron chi connectivity index (χ3n) is 5.53. The van der Waals surface area contributed by atoms with Crippen LogP contribution in [0, 0.1) is 0 Å². The maximum atomic E-state index is 13.6. The highest BCUT2D eigenvalue weighted by molar-refractivity contribution is 6.21. The van der Waals surface area contributed by atoms with Gasteiger partial charge in [0.2, 0.25) is 0 Å². The van der Waals surface area contributed by atoms with Crippen LogP contribution in [0.4, 0.5) is 0 Å². The molecule has 1 N–H and O–H groups in total. The van der Waals surface area contributed by atoms with E-state index in [9.17, 15) is 9.90 Å². The van der Waals surface area contributed by atoms with E-state index in [0.29, 0.717) is 23.4 Å². The van der Waals surface area contributed by atoms with Crippen LogP contribution in [0.1, 0.15) is 21.5 Å². The zero-order valence-corrected chi connectivity index (χ0v) is 16.1. The molecule has 0 unspecified atom stereocenters. The summed E-state index contributed by atoms with van der Waals surface area (Å²) in [5, 5.41) is 10.5. The zero-order valence-electron chi connectivity index (χ0n) is 16.1. The molecule has 5 heteroatoms. The van der Waals surface area contributed by atoms with Crippen molar-refractivity contribution in [3.05, 3.63) is 77.4 Å². The van der Waals surface area contributed by atoms with Gasteiger partial charge in [-0.25, -0.2) is 0 Å². The molecule has 0 saturated heterocycles. The Bertz CT molecular complexity index is 1270. The van der Waals surface area contributed by atoms with Crippen molar-refractivity contribution in [3.8, 4) is 28.5 Å². The molecule has 1 aromatic heterocycles. The fourth-order valence-corrected chi connectivity index (χ4v) is 4.10. The van der Waals surface area contributed by atoms with Crippen molar-refractivity contribution < 1.29 is 19.4 Å². The molecule has 5 nitrogen and oxygen atoms in total. The molecule has 4 aromatic rings. The van der Waals surface area contributed by atoms with E-state index in [1.807, 2.05) is 36.4 Å². The summed E-state index contributed by atoms with van der Waals surface area (Å²) in [4.78, 5) is 13.6. The van der Waals surface area contributed by atoms with Crippen LogP contribution in [0.3, 0.4) is 0 Å². The lowest BCUT2D eigenvalue weighted by Crippen LogP contribution is -2.02. The summed E-state index contributed by atoms with van der Waals surface area (Å²) in [6.45, 7) is 0.695. The van der Waals surface area contributed by atoms with Gasteiger partial charge in [0.25, 0.3) is 0 Å². The average Bonchev–Trinajstić information content (AvgIpc) is 3.27. The van der Waals surface area contributed by atoms with E-state index in [1.54, 1.807) is 26.4 Å². The number of hydrogen-bond acceptors (Lipinski definition) is 4. The fourth-order valence-electron chi connectivity index (χ4n) is 4.10. The smallest absolute Gasteiger partial charge is 0.195 e. The van der Waals surface area contributed by atoms with E-state index in [1.165, 1.54) is 12.1 Å². The van der Waals surface area contributed by atoms with Crippen LogP contribution in [0.25, 0.3) is 22.2 Å². The molecule has 0 spiro atoms. The Morgan fingerprint density at radius 3 is 2.34 bits per heavy atom. The number of ether oxygens (including phenoxy) is 2. The number of aromatic nitrogens is 1. The minimum absolute atomic E-state index is 0.0901. The largest absolute Gasteiger partial charge is 0.508 e. The predicted molar refractivity (Wildman–Crippen MR) is 111 cm³/mol. The van der Waals surface area contributed by atoms with Gasteiger partial charge in [-0.1, -0.05) is 6.07 Å². The summed E-state index contributed by atoms with van der Waals surface area (Å²) < 4.78 is 13.0. The summed E-state index contributed by atoms with van der Waals surface area (Å²) in [6, 6.07) is 18.1. The molecule has 0 amide bonds. The van der Waals surface area contributed by atoms with Crippen molar-refractivity contribution in [2.24, 2.45) is 0 Å². The van der Waals surface area contributed by atoms with Crippen molar-refractivity contribution in [2.45, 2.75) is 6.54 Å². The number of ketones is 1. The summed E-state index contributed by atoms with van der Waals surface area (Å²) in [7, 11) is 3.26. The van der Waals surface area contributed by atoms with Crippen molar-refractivity contribution in [2.75, 3.05) is 14.2 Å². The second kappa shape index (κ2) is 6.41. The number of aromatic hydroxyl groups is 1. The summed E-state index contributed by atoms with van der Waals surface area (Å²) in [6.07, 6.45) is 0. The number of carbonyl (C=O) groups is 1. The van der Waals surface area contributed by atoms with Crippen LogP contribution in [-0.4, -0.2) is 29.7 Å². The van der Waals surface area contributed by atoms with Gasteiger partial charge in [0.1, 0.15) is 17.2 Å². The van der Waals surface area contributed by atoms with E-state index >= 15 is 0 Å². The number of methoxy groups -OCH3 is 2. The van der Waals surface area contributed by atoms with Gasteiger partial charge in [0.05, 0.1) is 25.5 Å². The lowest BCUT2D eigenvalue weighted by Gasteiger charge is -2.07. The van der Waals surface area contributed by atoms with Gasteiger partial charge < -0.3 is 19.1 Å². The first-order valence-corrected chi connectivity index (χ1v) is 9.32. The lowest BCUT2D eigenvalue weighted by atomic mass is 9.96. The van der Waals surface area contributed by atoms with Crippen molar-refractivity contribution in [1.29, 1.82) is 0 Å². The molecule has 2 heterocycles. The topological polar surface area (TPSA) is 60.7 Å². The van der Waals surface area contributed by atoms with Gasteiger partial charge >= 0.3 is 0 Å². The van der Waals surface area contributed by atoms with Crippen molar-refractivity contribution in [3.63, 3.8) is 0 Å². The highest BCUT2D eigenvalue weighted by Crippen LogP contribution is 2.44. The SMILES string of the molecule is COc1ccc2c(c1)-c1c(C(=O)c3ccc(O)cc3)c3cc(OC)ccc3n1C2. The molecule has 1 aliphatic rings. The number of fused-ring (bicyclic) bond motifs is 5. The predicted octanol–water partition coefficient (Wildman–Crippen LogP) is 4.62. The van der Waals surface area contributed by atoms with E-state index in [4.69, 9.17) is 9.47 Å². The molecule has 0 aliphatic carbocycles. The van der Waals surface area contributed by atoms with E-state index in [-0.39, 0.29) is 11.5 Å². The number of phenolic OH excluding ortho intramolecular Hbond substituents is 1. The van der Waals surface area contributed by atoms with Crippen molar-refractivity contribution in [1.82, 2.24) is 4.57 Å². The molecule has 0 fully saturated rings. The Morgan fingerprint density at radius 2 is 1.62 bits per heavy atom. The van der Waals surface area contributed by atoms with Gasteiger partial charge in [-0.3, -0.25) is 4.79 Å².